The molecule has 2 aliphatic rings. The van der Waals surface area contributed by atoms with Gasteiger partial charge in [-0.15, -0.1) is 15.3 Å². The number of hydrogen-bond acceptors (Lipinski definition) is 5. The number of nitrogens with one attached hydrogen (secondary N) is 1. The predicted molar refractivity (Wildman–Crippen MR) is 98.2 cm³/mol. The minimum atomic E-state index is -0.281. The second-order valence-electron chi connectivity index (χ2n) is 7.15. The smallest absolute Gasteiger partial charge is 0.249 e. The number of aromatic nitrogens is 4. The SMILES string of the molecule is C[C@H]1C[C@H](Nc2ccc3nnc(C4CC4)n3n2)C(=O)N1c1ccccc1. The minimum Gasteiger partial charge on any atom is -0.357 e. The van der Waals surface area contributed by atoms with E-state index in [1.54, 1.807) is 4.52 Å². The predicted octanol–water partition coefficient (Wildman–Crippen LogP) is 2.61. The first-order chi connectivity index (χ1) is 12.7. The summed E-state index contributed by atoms with van der Waals surface area (Å²) < 4.78 is 1.80. The lowest BCUT2D eigenvalue weighted by Crippen LogP contribution is -2.35. The molecule has 0 unspecified atom stereocenters. The Hall–Kier alpha value is -2.96. The zero-order valence-electron chi connectivity index (χ0n) is 14.5. The van der Waals surface area contributed by atoms with Crippen molar-refractivity contribution in [2.45, 2.75) is 44.2 Å². The monoisotopic (exact) mass is 348 g/mol. The Labute approximate surface area is 151 Å². The summed E-state index contributed by atoms with van der Waals surface area (Å²) in [7, 11) is 0. The van der Waals surface area contributed by atoms with E-state index in [0.717, 1.165) is 36.4 Å². The van der Waals surface area contributed by atoms with Gasteiger partial charge in [0, 0.05) is 17.6 Å². The quantitative estimate of drug-likeness (QED) is 0.784. The summed E-state index contributed by atoms with van der Waals surface area (Å²) in [5.74, 6) is 2.14. The van der Waals surface area contributed by atoms with Gasteiger partial charge in [-0.05, 0) is 50.5 Å². The maximum absolute atomic E-state index is 12.9. The van der Waals surface area contributed by atoms with Crippen LogP contribution in [-0.2, 0) is 4.79 Å². The molecule has 132 valence electrons. The van der Waals surface area contributed by atoms with Crippen LogP contribution in [0.15, 0.2) is 42.5 Å². The van der Waals surface area contributed by atoms with Gasteiger partial charge in [0.2, 0.25) is 5.91 Å². The van der Waals surface area contributed by atoms with Gasteiger partial charge in [-0.2, -0.15) is 4.52 Å². The van der Waals surface area contributed by atoms with Gasteiger partial charge in [0.15, 0.2) is 11.5 Å². The molecule has 1 aliphatic carbocycles. The summed E-state index contributed by atoms with van der Waals surface area (Å²) in [4.78, 5) is 14.8. The molecule has 5 rings (SSSR count). The van der Waals surface area contributed by atoms with Crippen LogP contribution in [0, 0.1) is 0 Å². The Bertz CT molecular complexity index is 965. The van der Waals surface area contributed by atoms with Crippen molar-refractivity contribution in [1.82, 2.24) is 19.8 Å². The molecule has 0 radical (unpaired) electrons. The topological polar surface area (TPSA) is 75.4 Å². The van der Waals surface area contributed by atoms with Crippen molar-refractivity contribution in [2.24, 2.45) is 0 Å². The number of nitrogens with zero attached hydrogens (tertiary/aromatic N) is 5. The highest BCUT2D eigenvalue weighted by Gasteiger charge is 2.38. The summed E-state index contributed by atoms with van der Waals surface area (Å²) in [5.41, 5.74) is 1.68. The number of carbonyl (C=O) groups is 1. The fourth-order valence-electron chi connectivity index (χ4n) is 3.68. The molecule has 7 nitrogen and oxygen atoms in total. The molecule has 1 saturated heterocycles. The highest BCUT2D eigenvalue weighted by molar-refractivity contribution is 6.01. The molecule has 2 aromatic heterocycles. The first-order valence-corrected chi connectivity index (χ1v) is 9.08. The molecular formula is C19H20N6O. The van der Waals surface area contributed by atoms with Gasteiger partial charge in [0.05, 0.1) is 0 Å². The van der Waals surface area contributed by atoms with Gasteiger partial charge in [-0.25, -0.2) is 0 Å². The number of fused-ring (bicyclic) bond motifs is 1. The normalized spacial score (nSPS) is 23.0. The lowest BCUT2D eigenvalue weighted by Gasteiger charge is -2.21. The Kier molecular flexibility index (Phi) is 3.41. The molecule has 3 aromatic rings. The molecule has 26 heavy (non-hydrogen) atoms. The van der Waals surface area contributed by atoms with Crippen LogP contribution >= 0.6 is 0 Å². The van der Waals surface area contributed by atoms with Crippen molar-refractivity contribution in [1.29, 1.82) is 0 Å². The summed E-state index contributed by atoms with van der Waals surface area (Å²) in [6, 6.07) is 13.4. The average molecular weight is 348 g/mol. The summed E-state index contributed by atoms with van der Waals surface area (Å²) in [6.07, 6.45) is 3.03. The van der Waals surface area contributed by atoms with E-state index >= 15 is 0 Å². The summed E-state index contributed by atoms with van der Waals surface area (Å²) in [5, 5.41) is 16.4. The summed E-state index contributed by atoms with van der Waals surface area (Å²) in [6.45, 7) is 2.08. The number of amides is 1. The number of carbonyl (C=O) groups excluding carboxylic acids is 1. The second kappa shape index (κ2) is 5.79. The standard InChI is InChI=1S/C19H20N6O/c1-12-11-15(19(26)24(12)14-5-3-2-4-6-14)20-16-9-10-17-21-22-18(13-7-8-13)25(17)23-16/h2-6,9-10,12-13,15H,7-8,11H2,1H3,(H,20,23)/t12-,15-/m0/s1. The Morgan fingerprint density at radius 2 is 1.88 bits per heavy atom. The molecule has 1 N–H and O–H groups in total. The van der Waals surface area contributed by atoms with Crippen LogP contribution in [-0.4, -0.2) is 37.8 Å². The van der Waals surface area contributed by atoms with Gasteiger partial charge < -0.3 is 10.2 Å². The molecule has 2 fully saturated rings. The average Bonchev–Trinajstić information content (AvgIpc) is 3.35. The van der Waals surface area contributed by atoms with Crippen LogP contribution in [0.2, 0.25) is 0 Å². The number of benzene rings is 1. The van der Waals surface area contributed by atoms with E-state index < -0.39 is 0 Å². The molecule has 1 aliphatic heterocycles. The third-order valence-electron chi connectivity index (χ3n) is 5.14. The molecule has 0 spiro atoms. The number of rotatable bonds is 4. The highest BCUT2D eigenvalue weighted by atomic mass is 16.2. The third-order valence-corrected chi connectivity index (χ3v) is 5.14. The highest BCUT2D eigenvalue weighted by Crippen LogP contribution is 2.38. The van der Waals surface area contributed by atoms with Crippen LogP contribution in [0.25, 0.3) is 5.65 Å². The Balaban J connectivity index is 1.40. The van der Waals surface area contributed by atoms with E-state index in [4.69, 9.17) is 0 Å². The van der Waals surface area contributed by atoms with E-state index in [0.29, 0.717) is 11.7 Å². The van der Waals surface area contributed by atoms with Crippen LogP contribution in [0.4, 0.5) is 11.5 Å². The molecule has 7 heteroatoms. The van der Waals surface area contributed by atoms with Crippen molar-refractivity contribution in [3.63, 3.8) is 0 Å². The maximum atomic E-state index is 12.9. The zero-order chi connectivity index (χ0) is 17.7. The first kappa shape index (κ1) is 15.3. The van der Waals surface area contributed by atoms with Crippen LogP contribution in [0.5, 0.6) is 0 Å². The second-order valence-corrected chi connectivity index (χ2v) is 7.15. The summed E-state index contributed by atoms with van der Waals surface area (Å²) >= 11 is 0. The Morgan fingerprint density at radius 1 is 1.08 bits per heavy atom. The van der Waals surface area contributed by atoms with E-state index in [2.05, 4.69) is 27.5 Å². The third kappa shape index (κ3) is 2.51. The van der Waals surface area contributed by atoms with E-state index in [9.17, 15) is 4.79 Å². The van der Waals surface area contributed by atoms with Crippen LogP contribution < -0.4 is 10.2 Å². The first-order valence-electron chi connectivity index (χ1n) is 9.08. The maximum Gasteiger partial charge on any atom is 0.249 e. The van der Waals surface area contributed by atoms with Crippen molar-refractivity contribution >= 4 is 23.1 Å². The van der Waals surface area contributed by atoms with E-state index in [-0.39, 0.29) is 18.0 Å². The molecule has 2 atom stereocenters. The lowest BCUT2D eigenvalue weighted by molar-refractivity contribution is -0.117. The molecule has 1 saturated carbocycles. The molecular weight excluding hydrogens is 328 g/mol. The zero-order valence-corrected chi connectivity index (χ0v) is 14.5. The van der Waals surface area contributed by atoms with Gasteiger partial charge in [-0.3, -0.25) is 4.79 Å². The van der Waals surface area contributed by atoms with Gasteiger partial charge in [0.25, 0.3) is 0 Å². The fraction of sp³-hybridized carbons (Fsp3) is 0.368. The van der Waals surface area contributed by atoms with Gasteiger partial charge in [-0.1, -0.05) is 18.2 Å². The number of anilines is 2. The number of para-hydroxylation sites is 1. The van der Waals surface area contributed by atoms with Crippen molar-refractivity contribution in [3.05, 3.63) is 48.3 Å². The Morgan fingerprint density at radius 3 is 2.65 bits per heavy atom. The van der Waals surface area contributed by atoms with Gasteiger partial charge >= 0.3 is 0 Å². The van der Waals surface area contributed by atoms with Crippen LogP contribution in [0.3, 0.4) is 0 Å². The molecule has 3 heterocycles. The van der Waals surface area contributed by atoms with E-state index in [1.165, 1.54) is 0 Å². The largest absolute Gasteiger partial charge is 0.357 e. The van der Waals surface area contributed by atoms with Gasteiger partial charge in [0.1, 0.15) is 11.9 Å². The van der Waals surface area contributed by atoms with Crippen molar-refractivity contribution < 1.29 is 4.79 Å². The molecule has 0 bridgehead atoms. The van der Waals surface area contributed by atoms with Crippen molar-refractivity contribution in [2.75, 3.05) is 10.2 Å². The van der Waals surface area contributed by atoms with Crippen molar-refractivity contribution in [3.8, 4) is 0 Å². The van der Waals surface area contributed by atoms with Crippen LogP contribution in [0.1, 0.15) is 37.9 Å². The molecule has 1 aromatic carbocycles. The van der Waals surface area contributed by atoms with E-state index in [1.807, 2.05) is 47.4 Å². The number of hydrogen-bond donors (Lipinski definition) is 1. The lowest BCUT2D eigenvalue weighted by atomic mass is 10.2. The molecule has 1 amide bonds. The minimum absolute atomic E-state index is 0.0803. The fourth-order valence-corrected chi connectivity index (χ4v) is 3.68.